The van der Waals surface area contributed by atoms with Crippen LogP contribution < -0.4 is 5.73 Å². The molecule has 1 atom stereocenters. The van der Waals surface area contributed by atoms with Crippen LogP contribution in [0.2, 0.25) is 0 Å². The van der Waals surface area contributed by atoms with Gasteiger partial charge in [-0.1, -0.05) is 0 Å². The molecule has 0 bridgehead atoms. The molecule has 1 aliphatic heterocycles. The molecule has 0 radical (unpaired) electrons. The molecule has 3 heteroatoms. The smallest absolute Gasteiger partial charge is 0.168 e. The lowest BCUT2D eigenvalue weighted by molar-refractivity contribution is -0.200. The summed E-state index contributed by atoms with van der Waals surface area (Å²) >= 11 is 0. The lowest BCUT2D eigenvalue weighted by Gasteiger charge is -2.53. The van der Waals surface area contributed by atoms with Crippen LogP contribution in [-0.4, -0.2) is 25.0 Å². The van der Waals surface area contributed by atoms with Crippen molar-refractivity contribution in [3.05, 3.63) is 0 Å². The van der Waals surface area contributed by atoms with Gasteiger partial charge in [0.25, 0.3) is 0 Å². The largest absolute Gasteiger partial charge is 0.348 e. The Kier molecular flexibility index (Phi) is 1.92. The van der Waals surface area contributed by atoms with E-state index in [0.29, 0.717) is 11.5 Å². The van der Waals surface area contributed by atoms with Crippen LogP contribution in [0.15, 0.2) is 0 Å². The number of hydrogen-bond donors (Lipinski definition) is 1. The van der Waals surface area contributed by atoms with Gasteiger partial charge < -0.3 is 15.2 Å². The third kappa shape index (κ3) is 1.16. The third-order valence-corrected chi connectivity index (χ3v) is 4.56. The van der Waals surface area contributed by atoms with E-state index in [4.69, 9.17) is 15.2 Å². The van der Waals surface area contributed by atoms with E-state index < -0.39 is 0 Å². The molecule has 3 aliphatic rings. The summed E-state index contributed by atoms with van der Waals surface area (Å²) in [6, 6.07) is 0.446. The predicted molar refractivity (Wildman–Crippen MR) is 52.7 cm³/mol. The second-order valence-electron chi connectivity index (χ2n) is 5.12. The van der Waals surface area contributed by atoms with E-state index in [2.05, 4.69) is 0 Å². The van der Waals surface area contributed by atoms with Gasteiger partial charge in [0.1, 0.15) is 0 Å². The molecule has 0 aromatic carbocycles. The molecule has 0 aromatic rings. The average molecular weight is 197 g/mol. The zero-order valence-corrected chi connectivity index (χ0v) is 8.63. The summed E-state index contributed by atoms with van der Waals surface area (Å²) in [5, 5.41) is 0. The third-order valence-electron chi connectivity index (χ3n) is 4.56. The maximum atomic E-state index is 6.09. The first-order valence-corrected chi connectivity index (χ1v) is 5.78. The quantitative estimate of drug-likeness (QED) is 0.638. The summed E-state index contributed by atoms with van der Waals surface area (Å²) in [4.78, 5) is 0. The fraction of sp³-hybridized carbons (Fsp3) is 1.00. The average Bonchev–Trinajstić information content (AvgIpc) is 2.66. The standard InChI is InChI=1S/C11H19NO2/c12-9-1-2-10(9)3-5-11(6-4-10)13-7-8-14-11/h9H,1-8,12H2. The minimum Gasteiger partial charge on any atom is -0.348 e. The molecule has 1 heterocycles. The molecule has 3 nitrogen and oxygen atoms in total. The zero-order chi connectivity index (χ0) is 9.65. The number of rotatable bonds is 0. The normalized spacial score (nSPS) is 38.8. The first-order valence-electron chi connectivity index (χ1n) is 5.78. The Morgan fingerprint density at radius 1 is 0.929 bits per heavy atom. The Bertz CT molecular complexity index is 219. The minimum atomic E-state index is -0.208. The number of nitrogens with two attached hydrogens (primary N) is 1. The first kappa shape index (κ1) is 9.13. The van der Waals surface area contributed by atoms with Gasteiger partial charge in [-0.3, -0.25) is 0 Å². The highest BCUT2D eigenvalue weighted by atomic mass is 16.7. The van der Waals surface area contributed by atoms with Gasteiger partial charge in [0.2, 0.25) is 0 Å². The molecule has 3 fully saturated rings. The van der Waals surface area contributed by atoms with Crippen molar-refractivity contribution in [2.75, 3.05) is 13.2 Å². The Morgan fingerprint density at radius 2 is 1.57 bits per heavy atom. The highest BCUT2D eigenvalue weighted by Gasteiger charge is 2.52. The van der Waals surface area contributed by atoms with E-state index in [9.17, 15) is 0 Å². The van der Waals surface area contributed by atoms with Gasteiger partial charge in [-0.2, -0.15) is 0 Å². The molecule has 80 valence electrons. The van der Waals surface area contributed by atoms with Crippen molar-refractivity contribution in [1.29, 1.82) is 0 Å². The first-order chi connectivity index (χ1) is 6.75. The molecular weight excluding hydrogens is 178 g/mol. The van der Waals surface area contributed by atoms with E-state index >= 15 is 0 Å². The van der Waals surface area contributed by atoms with Crippen LogP contribution in [0.5, 0.6) is 0 Å². The highest BCUT2D eigenvalue weighted by molar-refractivity contribution is 5.03. The fourth-order valence-corrected chi connectivity index (χ4v) is 3.25. The Morgan fingerprint density at radius 3 is 2.00 bits per heavy atom. The van der Waals surface area contributed by atoms with E-state index in [1.54, 1.807) is 0 Å². The monoisotopic (exact) mass is 197 g/mol. The molecule has 0 aromatic heterocycles. The summed E-state index contributed by atoms with van der Waals surface area (Å²) in [5.41, 5.74) is 6.55. The maximum absolute atomic E-state index is 6.09. The van der Waals surface area contributed by atoms with Crippen LogP contribution in [0.25, 0.3) is 0 Å². The Balaban J connectivity index is 1.67. The summed E-state index contributed by atoms with van der Waals surface area (Å²) < 4.78 is 11.4. The van der Waals surface area contributed by atoms with Gasteiger partial charge in [-0.15, -0.1) is 0 Å². The fourth-order valence-electron chi connectivity index (χ4n) is 3.25. The van der Waals surface area contributed by atoms with Crippen molar-refractivity contribution >= 4 is 0 Å². The van der Waals surface area contributed by atoms with Crippen LogP contribution in [0.4, 0.5) is 0 Å². The number of ether oxygens (including phenoxy) is 2. The molecule has 14 heavy (non-hydrogen) atoms. The number of hydrogen-bond acceptors (Lipinski definition) is 3. The van der Waals surface area contributed by atoms with Crippen molar-refractivity contribution in [2.24, 2.45) is 11.1 Å². The van der Waals surface area contributed by atoms with Crippen LogP contribution in [0, 0.1) is 5.41 Å². The van der Waals surface area contributed by atoms with E-state index in [1.165, 1.54) is 25.7 Å². The summed E-state index contributed by atoms with van der Waals surface area (Å²) in [7, 11) is 0. The van der Waals surface area contributed by atoms with Crippen LogP contribution in [-0.2, 0) is 9.47 Å². The van der Waals surface area contributed by atoms with Crippen LogP contribution in [0.3, 0.4) is 0 Å². The molecule has 3 rings (SSSR count). The van der Waals surface area contributed by atoms with Gasteiger partial charge in [-0.25, -0.2) is 0 Å². The van der Waals surface area contributed by atoms with E-state index in [-0.39, 0.29) is 5.79 Å². The highest BCUT2D eigenvalue weighted by Crippen LogP contribution is 2.54. The van der Waals surface area contributed by atoms with Gasteiger partial charge in [-0.05, 0) is 31.1 Å². The molecule has 2 N–H and O–H groups in total. The maximum Gasteiger partial charge on any atom is 0.168 e. The van der Waals surface area contributed by atoms with Crippen molar-refractivity contribution in [3.63, 3.8) is 0 Å². The lowest BCUT2D eigenvalue weighted by Crippen LogP contribution is -2.55. The topological polar surface area (TPSA) is 44.5 Å². The summed E-state index contributed by atoms with van der Waals surface area (Å²) in [6.07, 6.45) is 7.06. The van der Waals surface area contributed by atoms with Crippen molar-refractivity contribution in [1.82, 2.24) is 0 Å². The molecule has 2 aliphatic carbocycles. The minimum absolute atomic E-state index is 0.208. The lowest BCUT2D eigenvalue weighted by atomic mass is 9.57. The van der Waals surface area contributed by atoms with Crippen molar-refractivity contribution in [3.8, 4) is 0 Å². The van der Waals surface area contributed by atoms with Gasteiger partial charge in [0, 0.05) is 18.9 Å². The predicted octanol–water partition coefficient (Wildman–Crippen LogP) is 1.41. The van der Waals surface area contributed by atoms with E-state index in [0.717, 1.165) is 26.1 Å². The second kappa shape index (κ2) is 2.94. The second-order valence-corrected chi connectivity index (χ2v) is 5.12. The zero-order valence-electron chi connectivity index (χ0n) is 8.63. The summed E-state index contributed by atoms with van der Waals surface area (Å²) in [5.74, 6) is -0.208. The van der Waals surface area contributed by atoms with Crippen LogP contribution in [0.1, 0.15) is 38.5 Å². The van der Waals surface area contributed by atoms with Gasteiger partial charge in [0.05, 0.1) is 13.2 Å². The molecule has 2 spiro atoms. The Hall–Kier alpha value is -0.120. The van der Waals surface area contributed by atoms with Crippen molar-refractivity contribution in [2.45, 2.75) is 50.4 Å². The van der Waals surface area contributed by atoms with Crippen molar-refractivity contribution < 1.29 is 9.47 Å². The van der Waals surface area contributed by atoms with E-state index in [1.807, 2.05) is 0 Å². The Labute approximate surface area is 84.9 Å². The molecule has 1 saturated heterocycles. The van der Waals surface area contributed by atoms with Gasteiger partial charge in [0.15, 0.2) is 5.79 Å². The molecule has 2 saturated carbocycles. The molecule has 1 unspecified atom stereocenters. The molecular formula is C11H19NO2. The van der Waals surface area contributed by atoms with Gasteiger partial charge >= 0.3 is 0 Å². The SMILES string of the molecule is NC1CCC12CCC1(CC2)OCCO1. The van der Waals surface area contributed by atoms with Crippen LogP contribution >= 0.6 is 0 Å². The molecule has 0 amide bonds. The summed E-state index contributed by atoms with van der Waals surface area (Å²) in [6.45, 7) is 1.55.